The molecule has 4 N–H and O–H groups in total. The number of benzene rings is 1. The van der Waals surface area contributed by atoms with Crippen LogP contribution in [0.15, 0.2) is 41.3 Å². The summed E-state index contributed by atoms with van der Waals surface area (Å²) >= 11 is 0. The highest BCUT2D eigenvalue weighted by molar-refractivity contribution is 5.92. The second-order valence-electron chi connectivity index (χ2n) is 8.43. The van der Waals surface area contributed by atoms with Crippen LogP contribution in [0.3, 0.4) is 0 Å². The van der Waals surface area contributed by atoms with Crippen molar-refractivity contribution >= 4 is 17.8 Å². The van der Waals surface area contributed by atoms with E-state index in [0.717, 1.165) is 19.6 Å². The average molecular weight is 423 g/mol. The molecule has 2 aliphatic heterocycles. The van der Waals surface area contributed by atoms with Crippen molar-refractivity contribution in [3.05, 3.63) is 52.6 Å². The Bertz CT molecular complexity index is 1060. The van der Waals surface area contributed by atoms with Crippen molar-refractivity contribution in [1.29, 1.82) is 0 Å². The zero-order chi connectivity index (χ0) is 21.5. The highest BCUT2D eigenvalue weighted by atomic mass is 16.2. The largest absolute Gasteiger partial charge is 0.354 e. The number of hydrogen-bond acceptors (Lipinski definition) is 6. The third kappa shape index (κ3) is 4.04. The van der Waals surface area contributed by atoms with Crippen molar-refractivity contribution in [3.63, 3.8) is 0 Å². The van der Waals surface area contributed by atoms with Crippen LogP contribution in [0.5, 0.6) is 0 Å². The Morgan fingerprint density at radius 3 is 2.58 bits per heavy atom. The van der Waals surface area contributed by atoms with Gasteiger partial charge in [0.25, 0.3) is 0 Å². The molecule has 10 heteroatoms. The topological polar surface area (TPSA) is 126 Å². The SMILES string of the molecule is NC1C2CN(Cc3ccc(-n4ccc(NC(=O)N5CCNC(=O)C5)nc4=O)cc3)C[C@@H]12. The Kier molecular flexibility index (Phi) is 4.95. The Balaban J connectivity index is 1.22. The quantitative estimate of drug-likeness (QED) is 0.614. The van der Waals surface area contributed by atoms with Crippen molar-refractivity contribution in [3.8, 4) is 5.69 Å². The second-order valence-corrected chi connectivity index (χ2v) is 8.43. The normalized spacial score (nSPS) is 25.1. The maximum Gasteiger partial charge on any atom is 0.354 e. The van der Waals surface area contributed by atoms with E-state index in [1.165, 1.54) is 15.0 Å². The number of rotatable bonds is 4. The fourth-order valence-corrected chi connectivity index (χ4v) is 4.48. The molecular formula is C21H25N7O3. The van der Waals surface area contributed by atoms with E-state index in [0.29, 0.717) is 36.7 Å². The molecule has 0 spiro atoms. The standard InChI is InChI=1S/C21H25N7O3/c22-19-15-10-26(11-16(15)19)9-13-1-3-14(4-2-13)28-7-5-17(25-21(28)31)24-20(30)27-8-6-23-18(29)12-27/h1-5,7,15-16,19H,6,8-12,22H2,(H,23,29)(H,24,25,30,31)/t15-,16?,19?/m1/s1. The summed E-state index contributed by atoms with van der Waals surface area (Å²) in [5, 5.41) is 5.24. The number of fused-ring (bicyclic) bond motifs is 1. The third-order valence-corrected chi connectivity index (χ3v) is 6.32. The van der Waals surface area contributed by atoms with Crippen molar-refractivity contribution < 1.29 is 9.59 Å². The number of hydrogen-bond donors (Lipinski definition) is 3. The molecule has 31 heavy (non-hydrogen) atoms. The van der Waals surface area contributed by atoms with E-state index in [1.54, 1.807) is 12.3 Å². The molecule has 2 unspecified atom stereocenters. The smallest absolute Gasteiger partial charge is 0.353 e. The minimum atomic E-state index is -0.490. The number of likely N-dealkylation sites (tertiary alicyclic amines) is 1. The van der Waals surface area contributed by atoms with Gasteiger partial charge in [-0.15, -0.1) is 0 Å². The lowest BCUT2D eigenvalue weighted by Crippen LogP contribution is -2.51. The highest BCUT2D eigenvalue weighted by Crippen LogP contribution is 2.44. The Morgan fingerprint density at radius 1 is 1.16 bits per heavy atom. The molecule has 1 aromatic heterocycles. The summed E-state index contributed by atoms with van der Waals surface area (Å²) in [5.41, 5.74) is 7.41. The summed E-state index contributed by atoms with van der Waals surface area (Å²) < 4.78 is 1.43. The van der Waals surface area contributed by atoms with Gasteiger partial charge in [0.1, 0.15) is 12.4 Å². The fourth-order valence-electron chi connectivity index (χ4n) is 4.48. The van der Waals surface area contributed by atoms with Crippen molar-refractivity contribution in [2.24, 2.45) is 17.6 Å². The van der Waals surface area contributed by atoms with Gasteiger partial charge in [-0.3, -0.25) is 19.6 Å². The molecule has 3 aliphatic rings. The Hall–Kier alpha value is -3.24. The van der Waals surface area contributed by atoms with E-state index in [1.807, 2.05) is 24.3 Å². The molecule has 3 atom stereocenters. The monoisotopic (exact) mass is 423 g/mol. The van der Waals surface area contributed by atoms with E-state index in [4.69, 9.17) is 5.73 Å². The minimum absolute atomic E-state index is 0.0131. The van der Waals surface area contributed by atoms with Crippen LogP contribution in [0.25, 0.3) is 5.69 Å². The molecule has 3 fully saturated rings. The fraction of sp³-hybridized carbons (Fsp3) is 0.429. The summed E-state index contributed by atoms with van der Waals surface area (Å²) in [7, 11) is 0. The van der Waals surface area contributed by atoms with Crippen LogP contribution in [-0.2, 0) is 11.3 Å². The van der Waals surface area contributed by atoms with Gasteiger partial charge in [0.2, 0.25) is 5.91 Å². The number of aromatic nitrogens is 2. The van der Waals surface area contributed by atoms with Crippen LogP contribution in [0.1, 0.15) is 5.56 Å². The van der Waals surface area contributed by atoms with Gasteiger partial charge in [0, 0.05) is 45.0 Å². The first-order valence-electron chi connectivity index (χ1n) is 10.5. The van der Waals surface area contributed by atoms with Crippen molar-refractivity contribution in [2.45, 2.75) is 12.6 Å². The van der Waals surface area contributed by atoms with Gasteiger partial charge in [-0.05, 0) is 35.6 Å². The van der Waals surface area contributed by atoms with Gasteiger partial charge in [0.15, 0.2) is 0 Å². The number of carbonyl (C=O) groups is 2. The van der Waals surface area contributed by atoms with Gasteiger partial charge < -0.3 is 16.0 Å². The molecular weight excluding hydrogens is 398 g/mol. The number of nitrogens with zero attached hydrogens (tertiary/aromatic N) is 4. The molecule has 0 bridgehead atoms. The lowest BCUT2D eigenvalue weighted by molar-refractivity contribution is -0.123. The van der Waals surface area contributed by atoms with E-state index >= 15 is 0 Å². The second kappa shape index (κ2) is 7.78. The predicted octanol–water partition coefficient (Wildman–Crippen LogP) is -0.415. The molecule has 162 valence electrons. The Morgan fingerprint density at radius 2 is 1.90 bits per heavy atom. The van der Waals surface area contributed by atoms with Crippen molar-refractivity contribution in [2.75, 3.05) is 38.0 Å². The van der Waals surface area contributed by atoms with E-state index in [9.17, 15) is 14.4 Å². The molecule has 3 amide bonds. The average Bonchev–Trinajstić information content (AvgIpc) is 3.15. The van der Waals surface area contributed by atoms with Gasteiger partial charge >= 0.3 is 11.7 Å². The number of piperidine rings is 1. The first kappa shape index (κ1) is 19.7. The first-order chi connectivity index (χ1) is 15.0. The van der Waals surface area contributed by atoms with Crippen LogP contribution >= 0.6 is 0 Å². The van der Waals surface area contributed by atoms with Crippen LogP contribution < -0.4 is 22.1 Å². The van der Waals surface area contributed by atoms with Gasteiger partial charge in [0.05, 0.1) is 5.69 Å². The first-order valence-corrected chi connectivity index (χ1v) is 10.5. The summed E-state index contributed by atoms with van der Waals surface area (Å²) in [6, 6.07) is 9.33. The maximum absolute atomic E-state index is 12.5. The van der Waals surface area contributed by atoms with Gasteiger partial charge in [-0.25, -0.2) is 9.59 Å². The van der Waals surface area contributed by atoms with Gasteiger partial charge in [-0.1, -0.05) is 12.1 Å². The summed E-state index contributed by atoms with van der Waals surface area (Å²) in [4.78, 5) is 43.9. The summed E-state index contributed by atoms with van der Waals surface area (Å²) in [5.74, 6) is 1.27. The third-order valence-electron chi connectivity index (χ3n) is 6.32. The molecule has 5 rings (SSSR count). The van der Waals surface area contributed by atoms with E-state index in [2.05, 4.69) is 20.5 Å². The van der Waals surface area contributed by atoms with E-state index in [-0.39, 0.29) is 18.3 Å². The number of urea groups is 1. The summed E-state index contributed by atoms with van der Waals surface area (Å²) in [6.07, 6.45) is 1.58. The number of nitrogens with one attached hydrogen (secondary N) is 2. The van der Waals surface area contributed by atoms with Crippen LogP contribution in [-0.4, -0.2) is 70.1 Å². The Labute approximate surface area is 179 Å². The number of piperazine rings is 1. The van der Waals surface area contributed by atoms with Crippen LogP contribution in [0.2, 0.25) is 0 Å². The number of nitrogens with two attached hydrogens (primary N) is 1. The number of anilines is 1. The lowest BCUT2D eigenvalue weighted by atomic mass is 10.2. The van der Waals surface area contributed by atoms with Gasteiger partial charge in [-0.2, -0.15) is 4.98 Å². The molecule has 10 nitrogen and oxygen atoms in total. The van der Waals surface area contributed by atoms with Crippen LogP contribution in [0, 0.1) is 11.8 Å². The predicted molar refractivity (Wildman–Crippen MR) is 114 cm³/mol. The van der Waals surface area contributed by atoms with Crippen LogP contribution in [0.4, 0.5) is 10.6 Å². The zero-order valence-electron chi connectivity index (χ0n) is 17.0. The molecule has 1 aromatic carbocycles. The zero-order valence-corrected chi connectivity index (χ0v) is 17.0. The summed E-state index contributed by atoms with van der Waals surface area (Å²) in [6.45, 7) is 3.81. The van der Waals surface area contributed by atoms with E-state index < -0.39 is 11.7 Å². The lowest BCUT2D eigenvalue weighted by Gasteiger charge is -2.26. The molecule has 1 aliphatic carbocycles. The van der Waals surface area contributed by atoms with Crippen molar-refractivity contribution in [1.82, 2.24) is 24.7 Å². The molecule has 1 saturated carbocycles. The molecule has 0 radical (unpaired) electrons. The molecule has 2 saturated heterocycles. The molecule has 3 heterocycles. The number of carbonyl (C=O) groups excluding carboxylic acids is 2. The molecule has 2 aromatic rings. The highest BCUT2D eigenvalue weighted by Gasteiger charge is 2.53. The minimum Gasteiger partial charge on any atom is -0.353 e. The number of amides is 3. The maximum atomic E-state index is 12.5.